The van der Waals surface area contributed by atoms with Crippen molar-refractivity contribution in [3.63, 3.8) is 0 Å². The van der Waals surface area contributed by atoms with E-state index in [1.54, 1.807) is 27.7 Å². The average molecular weight is 653 g/mol. The van der Waals surface area contributed by atoms with E-state index in [1.165, 1.54) is 0 Å². The Morgan fingerprint density at radius 3 is 1.83 bits per heavy atom. The van der Waals surface area contributed by atoms with Crippen LogP contribution in [0.3, 0.4) is 0 Å². The Labute approximate surface area is 269 Å². The summed E-state index contributed by atoms with van der Waals surface area (Å²) in [7, 11) is 0. The number of carbonyl (C=O) groups excluding carboxylic acids is 3. The summed E-state index contributed by atoms with van der Waals surface area (Å²) in [5.41, 5.74) is 6.90. The van der Waals surface area contributed by atoms with Gasteiger partial charge in [0.2, 0.25) is 0 Å². The summed E-state index contributed by atoms with van der Waals surface area (Å²) in [5.74, 6) is -2.24. The maximum absolute atomic E-state index is 12.2. The molecule has 2 aliphatic heterocycles. The number of ether oxygens (including phenoxy) is 9. The van der Waals surface area contributed by atoms with Crippen molar-refractivity contribution in [3.05, 3.63) is 35.9 Å². The van der Waals surface area contributed by atoms with Gasteiger partial charge >= 0.3 is 18.0 Å². The molecular weight excluding hydrogens is 604 g/mol. The molecule has 8 atom stereocenters. The number of hydrogen-bond donors (Lipinski definition) is 2. The molecular formula is C32H48N2O12. The molecule has 1 amide bonds. The van der Waals surface area contributed by atoms with Crippen LogP contribution >= 0.6 is 0 Å². The Morgan fingerprint density at radius 1 is 0.761 bits per heavy atom. The van der Waals surface area contributed by atoms with Crippen LogP contribution in [0.4, 0.5) is 4.79 Å². The summed E-state index contributed by atoms with van der Waals surface area (Å²) in [6.07, 6.45) is -1.19. The average Bonchev–Trinajstić information content (AvgIpc) is 3.68. The van der Waals surface area contributed by atoms with Crippen LogP contribution in [0.2, 0.25) is 0 Å². The molecule has 1 aromatic carbocycles. The van der Waals surface area contributed by atoms with Crippen LogP contribution in [0.1, 0.15) is 59.9 Å². The van der Waals surface area contributed by atoms with Gasteiger partial charge in [-0.25, -0.2) is 14.4 Å². The summed E-state index contributed by atoms with van der Waals surface area (Å²) < 4.78 is 49.6. The molecule has 2 aliphatic carbocycles. The topological polar surface area (TPSA) is 172 Å². The minimum Gasteiger partial charge on any atom is -0.464 e. The fraction of sp³-hybridized carbons (Fsp3) is 0.719. The lowest BCUT2D eigenvalue weighted by atomic mass is 10.2. The third kappa shape index (κ3) is 9.83. The number of rotatable bonds is 11. The van der Waals surface area contributed by atoms with Crippen molar-refractivity contribution in [2.24, 2.45) is 5.73 Å². The number of esters is 2. The predicted octanol–water partition coefficient (Wildman–Crippen LogP) is 2.34. The Hall–Kier alpha value is -2.85. The summed E-state index contributed by atoms with van der Waals surface area (Å²) in [6, 6.07) is 8.97. The first-order chi connectivity index (χ1) is 21.8. The van der Waals surface area contributed by atoms with Crippen LogP contribution in [0.15, 0.2) is 30.3 Å². The molecule has 14 heteroatoms. The van der Waals surface area contributed by atoms with Crippen LogP contribution in [0.5, 0.6) is 0 Å². The highest BCUT2D eigenvalue weighted by atomic mass is 16.8. The molecule has 46 heavy (non-hydrogen) atoms. The van der Waals surface area contributed by atoms with E-state index in [9.17, 15) is 14.4 Å². The molecule has 2 saturated carbocycles. The maximum atomic E-state index is 12.2. The SMILES string of the molecule is CCOC(=O)CO[C@H]1C[C@@H](N)[C@@H]2OC(C)(C)O[C@@H]21.CCOC(=O)CO[C@H]1C[C@@H](NC(=O)OCc2ccccc2)[C@@H]2OC(C)(C)O[C@@H]21. The number of carbonyl (C=O) groups is 3. The molecule has 3 N–H and O–H groups in total. The Balaban J connectivity index is 0.000000230. The van der Waals surface area contributed by atoms with Crippen LogP contribution in [-0.2, 0) is 58.8 Å². The highest BCUT2D eigenvalue weighted by Gasteiger charge is 2.55. The molecule has 2 heterocycles. The minimum atomic E-state index is -0.796. The van der Waals surface area contributed by atoms with Crippen molar-refractivity contribution < 1.29 is 57.0 Å². The molecule has 0 unspecified atom stereocenters. The molecule has 2 saturated heterocycles. The van der Waals surface area contributed by atoms with E-state index in [0.29, 0.717) is 26.1 Å². The van der Waals surface area contributed by atoms with E-state index >= 15 is 0 Å². The van der Waals surface area contributed by atoms with Gasteiger partial charge in [0.25, 0.3) is 0 Å². The van der Waals surface area contributed by atoms with E-state index in [4.69, 9.17) is 48.4 Å². The van der Waals surface area contributed by atoms with Crippen molar-refractivity contribution in [1.82, 2.24) is 5.32 Å². The van der Waals surface area contributed by atoms with Gasteiger partial charge in [-0.15, -0.1) is 0 Å². The smallest absolute Gasteiger partial charge is 0.407 e. The number of benzene rings is 1. The number of nitrogens with two attached hydrogens (primary N) is 1. The Morgan fingerprint density at radius 2 is 1.26 bits per heavy atom. The zero-order valence-electron chi connectivity index (χ0n) is 27.4. The largest absolute Gasteiger partial charge is 0.464 e. The van der Waals surface area contributed by atoms with E-state index in [-0.39, 0.29) is 68.4 Å². The second-order valence-corrected chi connectivity index (χ2v) is 12.4. The zero-order chi connectivity index (χ0) is 33.5. The van der Waals surface area contributed by atoms with Crippen LogP contribution in [0.25, 0.3) is 0 Å². The third-order valence-corrected chi connectivity index (χ3v) is 7.83. The molecule has 258 valence electrons. The van der Waals surface area contributed by atoms with E-state index in [0.717, 1.165) is 5.56 Å². The molecule has 4 fully saturated rings. The van der Waals surface area contributed by atoms with Crippen LogP contribution < -0.4 is 11.1 Å². The van der Waals surface area contributed by atoms with Crippen molar-refractivity contribution in [1.29, 1.82) is 0 Å². The summed E-state index contributed by atoms with van der Waals surface area (Å²) in [4.78, 5) is 35.1. The van der Waals surface area contributed by atoms with Crippen LogP contribution in [0, 0.1) is 0 Å². The van der Waals surface area contributed by atoms with Gasteiger partial charge in [0.15, 0.2) is 11.6 Å². The van der Waals surface area contributed by atoms with Crippen molar-refractivity contribution in [2.45, 2.75) is 121 Å². The molecule has 0 spiro atoms. The van der Waals surface area contributed by atoms with Gasteiger partial charge in [-0.05, 0) is 59.9 Å². The van der Waals surface area contributed by atoms with Gasteiger partial charge in [0.05, 0.1) is 31.5 Å². The molecule has 4 aliphatic rings. The van der Waals surface area contributed by atoms with Gasteiger partial charge in [-0.1, -0.05) is 30.3 Å². The van der Waals surface area contributed by atoms with Gasteiger partial charge in [-0.2, -0.15) is 0 Å². The normalized spacial score (nSPS) is 31.6. The predicted molar refractivity (Wildman–Crippen MR) is 161 cm³/mol. The Bertz CT molecular complexity index is 1170. The third-order valence-electron chi connectivity index (χ3n) is 7.83. The van der Waals surface area contributed by atoms with Crippen LogP contribution in [-0.4, -0.2) is 105 Å². The second-order valence-electron chi connectivity index (χ2n) is 12.4. The number of nitrogens with one attached hydrogen (secondary N) is 1. The number of amides is 1. The fourth-order valence-corrected chi connectivity index (χ4v) is 6.05. The first kappa shape index (κ1) is 36.0. The van der Waals surface area contributed by atoms with Crippen molar-refractivity contribution in [2.75, 3.05) is 26.4 Å². The van der Waals surface area contributed by atoms with Crippen molar-refractivity contribution >= 4 is 18.0 Å². The van der Waals surface area contributed by atoms with E-state index in [1.807, 2.05) is 44.2 Å². The fourth-order valence-electron chi connectivity index (χ4n) is 6.05. The summed E-state index contributed by atoms with van der Waals surface area (Å²) in [6.45, 7) is 11.4. The molecule has 0 radical (unpaired) electrons. The van der Waals surface area contributed by atoms with Gasteiger partial charge < -0.3 is 53.7 Å². The lowest BCUT2D eigenvalue weighted by Gasteiger charge is -2.23. The molecule has 0 bridgehead atoms. The quantitative estimate of drug-likeness (QED) is 0.264. The molecule has 0 aromatic heterocycles. The number of hydrogen-bond acceptors (Lipinski definition) is 13. The molecule has 14 nitrogen and oxygen atoms in total. The Kier molecular flexibility index (Phi) is 12.4. The molecule has 1 aromatic rings. The molecule has 5 rings (SSSR count). The standard InChI is InChI=1S/C20H27NO7.C12H21NO5/c1-4-24-16(22)12-25-15-10-14(17-18(15)28-20(2,3)27-17)21-19(23)26-11-13-8-6-5-7-9-13;1-4-15-9(14)6-16-8-5-7(13)10-11(8)18-12(2,3)17-10/h5-9,14-15,17-18H,4,10-12H2,1-3H3,(H,21,23);7-8,10-11H,4-6,13H2,1-3H3/t14-,15+,17+,18-;7-,8+,10+,11-/m11/s1. The first-order valence-electron chi connectivity index (χ1n) is 15.8. The van der Waals surface area contributed by atoms with Gasteiger partial charge in [0, 0.05) is 6.04 Å². The highest BCUT2D eigenvalue weighted by molar-refractivity contribution is 5.71. The number of fused-ring (bicyclic) bond motifs is 2. The maximum Gasteiger partial charge on any atom is 0.407 e. The van der Waals surface area contributed by atoms with Gasteiger partial charge in [-0.3, -0.25) is 0 Å². The summed E-state index contributed by atoms with van der Waals surface area (Å²) >= 11 is 0. The summed E-state index contributed by atoms with van der Waals surface area (Å²) in [5, 5.41) is 2.84. The van der Waals surface area contributed by atoms with Gasteiger partial charge in [0.1, 0.15) is 44.2 Å². The minimum absolute atomic E-state index is 0.0712. The van der Waals surface area contributed by atoms with Crippen molar-refractivity contribution in [3.8, 4) is 0 Å². The monoisotopic (exact) mass is 652 g/mol. The lowest BCUT2D eigenvalue weighted by Crippen LogP contribution is -2.43. The number of alkyl carbamates (subject to hydrolysis) is 1. The zero-order valence-corrected chi connectivity index (χ0v) is 27.4. The lowest BCUT2D eigenvalue weighted by molar-refractivity contribution is -0.173. The van der Waals surface area contributed by atoms with E-state index < -0.39 is 29.7 Å². The highest BCUT2D eigenvalue weighted by Crippen LogP contribution is 2.40. The first-order valence-corrected chi connectivity index (χ1v) is 15.8. The second kappa shape index (κ2) is 15.8. The van der Waals surface area contributed by atoms with E-state index in [2.05, 4.69) is 5.32 Å².